The molecule has 0 bridgehead atoms. The Labute approximate surface area is 156 Å². The number of thiazole rings is 1. The van der Waals surface area contributed by atoms with Gasteiger partial charge in [-0.2, -0.15) is 0 Å². The molecule has 3 aromatic rings. The van der Waals surface area contributed by atoms with Crippen molar-refractivity contribution in [2.45, 2.75) is 25.7 Å². The van der Waals surface area contributed by atoms with Crippen LogP contribution in [-0.4, -0.2) is 13.4 Å². The number of aromatic nitrogens is 1. The lowest BCUT2D eigenvalue weighted by molar-refractivity contribution is 0.600. The van der Waals surface area contributed by atoms with Gasteiger partial charge in [0.05, 0.1) is 26.3 Å². The molecule has 1 N–H and O–H groups in total. The maximum Gasteiger partial charge on any atom is 0.262 e. The number of sulfonamides is 1. The van der Waals surface area contributed by atoms with Crippen molar-refractivity contribution in [3.05, 3.63) is 62.9 Å². The number of aryl methyl sites for hydroxylation is 3. The molecular weight excluding hydrogens is 376 g/mol. The Bertz CT molecular complexity index is 1040. The molecule has 0 aliphatic carbocycles. The van der Waals surface area contributed by atoms with Crippen LogP contribution >= 0.6 is 22.9 Å². The van der Waals surface area contributed by atoms with Crippen molar-refractivity contribution < 1.29 is 8.42 Å². The largest absolute Gasteiger partial charge is 0.278 e. The first-order valence-corrected chi connectivity index (χ1v) is 10.3. The molecular formula is C18H17ClN2O2S2. The minimum absolute atomic E-state index is 0.215. The van der Waals surface area contributed by atoms with E-state index in [1.165, 1.54) is 11.3 Å². The third kappa shape index (κ3) is 3.86. The average Bonchev–Trinajstić information content (AvgIpc) is 2.97. The van der Waals surface area contributed by atoms with E-state index in [0.29, 0.717) is 16.3 Å². The second-order valence-electron chi connectivity index (χ2n) is 5.82. The molecule has 7 heteroatoms. The highest BCUT2D eigenvalue weighted by molar-refractivity contribution is 7.92. The monoisotopic (exact) mass is 392 g/mol. The topological polar surface area (TPSA) is 59.1 Å². The predicted molar refractivity (Wildman–Crippen MR) is 104 cm³/mol. The number of hydrogen-bond donors (Lipinski definition) is 1. The summed E-state index contributed by atoms with van der Waals surface area (Å²) in [6.45, 7) is 5.58. The van der Waals surface area contributed by atoms with E-state index in [4.69, 9.17) is 11.6 Å². The molecule has 0 saturated carbocycles. The molecule has 1 heterocycles. The molecule has 0 aliphatic rings. The van der Waals surface area contributed by atoms with Gasteiger partial charge in [-0.15, -0.1) is 11.3 Å². The fourth-order valence-corrected chi connectivity index (χ4v) is 4.76. The van der Waals surface area contributed by atoms with E-state index in [1.54, 1.807) is 31.2 Å². The van der Waals surface area contributed by atoms with Gasteiger partial charge in [0.15, 0.2) is 0 Å². The molecule has 0 fully saturated rings. The van der Waals surface area contributed by atoms with Crippen molar-refractivity contribution in [3.63, 3.8) is 0 Å². The zero-order chi connectivity index (χ0) is 18.2. The second-order valence-corrected chi connectivity index (χ2v) is 8.94. The number of nitrogens with zero attached hydrogens (tertiary/aromatic N) is 1. The Hall–Kier alpha value is -1.89. The number of hydrogen-bond acceptors (Lipinski definition) is 4. The van der Waals surface area contributed by atoms with Gasteiger partial charge < -0.3 is 0 Å². The zero-order valence-electron chi connectivity index (χ0n) is 14.0. The van der Waals surface area contributed by atoms with Gasteiger partial charge in [-0.1, -0.05) is 29.8 Å². The Morgan fingerprint density at radius 3 is 2.48 bits per heavy atom. The number of anilines is 1. The standard InChI is InChI=1S/C18H17ClN2O2S2/c1-11-4-7-16(15(19)8-11)21-25(22,23)18-9-14(6-5-12(18)2)17-10-24-13(3)20-17/h4-10,21H,1-3H3. The normalized spacial score (nSPS) is 11.5. The minimum Gasteiger partial charge on any atom is -0.278 e. The van der Waals surface area contributed by atoms with Crippen LogP contribution in [0.3, 0.4) is 0 Å². The van der Waals surface area contributed by atoms with Crippen molar-refractivity contribution >= 4 is 38.6 Å². The summed E-state index contributed by atoms with van der Waals surface area (Å²) in [5, 5.41) is 3.22. The molecule has 130 valence electrons. The summed E-state index contributed by atoms with van der Waals surface area (Å²) in [6, 6.07) is 10.5. The van der Waals surface area contributed by atoms with Crippen molar-refractivity contribution in [2.24, 2.45) is 0 Å². The van der Waals surface area contributed by atoms with Crippen LogP contribution in [0.15, 0.2) is 46.7 Å². The third-order valence-electron chi connectivity index (χ3n) is 3.76. The van der Waals surface area contributed by atoms with Gasteiger partial charge >= 0.3 is 0 Å². The van der Waals surface area contributed by atoms with Crippen LogP contribution in [0.2, 0.25) is 5.02 Å². The average molecular weight is 393 g/mol. The lowest BCUT2D eigenvalue weighted by Crippen LogP contribution is -2.14. The molecule has 3 rings (SSSR count). The highest BCUT2D eigenvalue weighted by Gasteiger charge is 2.19. The van der Waals surface area contributed by atoms with Crippen LogP contribution in [0, 0.1) is 20.8 Å². The minimum atomic E-state index is -3.76. The molecule has 1 aromatic heterocycles. The maximum absolute atomic E-state index is 12.9. The molecule has 0 atom stereocenters. The third-order valence-corrected chi connectivity index (χ3v) is 6.36. The molecule has 0 saturated heterocycles. The van der Waals surface area contributed by atoms with Crippen molar-refractivity contribution in [1.82, 2.24) is 4.98 Å². The van der Waals surface area contributed by atoms with E-state index in [2.05, 4.69) is 9.71 Å². The van der Waals surface area contributed by atoms with Crippen LogP contribution in [0.1, 0.15) is 16.1 Å². The smallest absolute Gasteiger partial charge is 0.262 e. The van der Waals surface area contributed by atoms with Crippen LogP contribution in [0.25, 0.3) is 11.3 Å². The predicted octanol–water partition coefficient (Wildman–Crippen LogP) is 5.19. The van der Waals surface area contributed by atoms with E-state index in [0.717, 1.165) is 21.8 Å². The van der Waals surface area contributed by atoms with Gasteiger partial charge in [0.2, 0.25) is 0 Å². The lowest BCUT2D eigenvalue weighted by atomic mass is 10.1. The molecule has 0 unspecified atom stereocenters. The fourth-order valence-electron chi connectivity index (χ4n) is 2.45. The first-order valence-electron chi connectivity index (χ1n) is 7.58. The maximum atomic E-state index is 12.9. The van der Waals surface area contributed by atoms with Crippen LogP contribution in [-0.2, 0) is 10.0 Å². The molecule has 25 heavy (non-hydrogen) atoms. The van der Waals surface area contributed by atoms with Gasteiger partial charge in [-0.05, 0) is 50.1 Å². The Kier molecular flexibility index (Phi) is 4.86. The molecule has 0 spiro atoms. The van der Waals surface area contributed by atoms with Crippen molar-refractivity contribution in [3.8, 4) is 11.3 Å². The summed E-state index contributed by atoms with van der Waals surface area (Å²) in [7, 11) is -3.76. The first-order chi connectivity index (χ1) is 11.8. The molecule has 0 radical (unpaired) electrons. The van der Waals surface area contributed by atoms with E-state index < -0.39 is 10.0 Å². The van der Waals surface area contributed by atoms with Gasteiger partial charge in [0.1, 0.15) is 0 Å². The molecule has 0 amide bonds. The van der Waals surface area contributed by atoms with Crippen molar-refractivity contribution in [2.75, 3.05) is 4.72 Å². The Morgan fingerprint density at radius 2 is 1.84 bits per heavy atom. The summed E-state index contributed by atoms with van der Waals surface area (Å²) in [6.07, 6.45) is 0. The molecule has 2 aromatic carbocycles. The number of rotatable bonds is 4. The summed E-state index contributed by atoms with van der Waals surface area (Å²) in [4.78, 5) is 4.64. The van der Waals surface area contributed by atoms with E-state index in [1.807, 2.05) is 31.4 Å². The molecule has 4 nitrogen and oxygen atoms in total. The second kappa shape index (κ2) is 6.78. The highest BCUT2D eigenvalue weighted by atomic mass is 35.5. The summed E-state index contributed by atoms with van der Waals surface area (Å²) in [5.74, 6) is 0. The van der Waals surface area contributed by atoms with E-state index >= 15 is 0 Å². The quantitative estimate of drug-likeness (QED) is 0.664. The molecule has 0 aliphatic heterocycles. The van der Waals surface area contributed by atoms with Crippen LogP contribution < -0.4 is 4.72 Å². The van der Waals surface area contributed by atoms with Crippen LogP contribution in [0.4, 0.5) is 5.69 Å². The summed E-state index contributed by atoms with van der Waals surface area (Å²) in [5.41, 5.74) is 3.52. The van der Waals surface area contributed by atoms with Gasteiger partial charge in [-0.25, -0.2) is 13.4 Å². The number of benzene rings is 2. The highest BCUT2D eigenvalue weighted by Crippen LogP contribution is 2.29. The van der Waals surface area contributed by atoms with Gasteiger partial charge in [0, 0.05) is 10.9 Å². The zero-order valence-corrected chi connectivity index (χ0v) is 16.4. The van der Waals surface area contributed by atoms with Crippen LogP contribution in [0.5, 0.6) is 0 Å². The van der Waals surface area contributed by atoms with Crippen molar-refractivity contribution in [1.29, 1.82) is 0 Å². The summed E-state index contributed by atoms with van der Waals surface area (Å²) < 4.78 is 28.3. The lowest BCUT2D eigenvalue weighted by Gasteiger charge is -2.13. The van der Waals surface area contributed by atoms with Gasteiger partial charge in [-0.3, -0.25) is 4.72 Å². The SMILES string of the molecule is Cc1ccc(NS(=O)(=O)c2cc(-c3csc(C)n3)ccc2C)c(Cl)c1. The van der Waals surface area contributed by atoms with E-state index in [9.17, 15) is 8.42 Å². The summed E-state index contributed by atoms with van der Waals surface area (Å²) >= 11 is 7.69. The Balaban J connectivity index is 2.01. The number of halogens is 1. The fraction of sp³-hybridized carbons (Fsp3) is 0.167. The number of nitrogens with one attached hydrogen (secondary N) is 1. The van der Waals surface area contributed by atoms with E-state index in [-0.39, 0.29) is 4.90 Å². The first kappa shape index (κ1) is 17.9. The van der Waals surface area contributed by atoms with Gasteiger partial charge in [0.25, 0.3) is 10.0 Å². The Morgan fingerprint density at radius 1 is 1.08 bits per heavy atom.